The van der Waals surface area contributed by atoms with E-state index in [4.69, 9.17) is 13.7 Å². The summed E-state index contributed by atoms with van der Waals surface area (Å²) in [6.45, 7) is 1.39. The number of thioether (sulfide) groups is 1. The van der Waals surface area contributed by atoms with E-state index >= 15 is 0 Å². The van der Waals surface area contributed by atoms with Gasteiger partial charge in [0.15, 0.2) is 17.5 Å². The first kappa shape index (κ1) is 15.9. The molecule has 0 radical (unpaired) electrons. The van der Waals surface area contributed by atoms with Crippen molar-refractivity contribution in [2.45, 2.75) is 31.5 Å². The number of hydrogen-bond acceptors (Lipinski definition) is 8. The molecule has 0 spiro atoms. The van der Waals surface area contributed by atoms with Gasteiger partial charge in [-0.25, -0.2) is 0 Å². The van der Waals surface area contributed by atoms with Gasteiger partial charge >= 0.3 is 0 Å². The van der Waals surface area contributed by atoms with E-state index in [2.05, 4.69) is 0 Å². The third-order valence-electron chi connectivity index (χ3n) is 2.26. The number of aliphatic hydroxyl groups is 1. The molecule has 0 aromatic rings. The van der Waals surface area contributed by atoms with Crippen molar-refractivity contribution < 1.29 is 32.0 Å². The highest BCUT2D eigenvalue weighted by Gasteiger charge is 2.46. The van der Waals surface area contributed by atoms with Crippen LogP contribution in [0.3, 0.4) is 0 Å². The fraction of sp³-hybridized carbons (Fsp3) is 0.889. The Balaban J connectivity index is 2.69. The molecule has 7 nitrogen and oxygen atoms in total. The van der Waals surface area contributed by atoms with E-state index in [1.54, 1.807) is 0 Å². The van der Waals surface area contributed by atoms with Crippen LogP contribution < -0.4 is 0 Å². The summed E-state index contributed by atoms with van der Waals surface area (Å²) in [5.74, 6) is 0.208. The van der Waals surface area contributed by atoms with Gasteiger partial charge in [0.2, 0.25) is 0 Å². The fourth-order valence-electron chi connectivity index (χ4n) is 1.53. The Morgan fingerprint density at radius 2 is 2.11 bits per heavy atom. The molecule has 0 aromatic carbocycles. The predicted molar refractivity (Wildman–Crippen MR) is 64.5 cm³/mol. The van der Waals surface area contributed by atoms with Crippen molar-refractivity contribution in [2.75, 3.05) is 19.1 Å². The van der Waals surface area contributed by atoms with E-state index in [1.165, 1.54) is 14.0 Å². The summed E-state index contributed by atoms with van der Waals surface area (Å²) in [6.07, 6.45) is -3.11. The van der Waals surface area contributed by atoms with E-state index < -0.39 is 34.7 Å². The molecule has 0 aliphatic carbocycles. The van der Waals surface area contributed by atoms with Crippen molar-refractivity contribution in [3.8, 4) is 0 Å². The Morgan fingerprint density at radius 3 is 2.56 bits per heavy atom. The Hall–Kier alpha value is -0.190. The SMILES string of the molecule is CO[C@H]1O[C@H](CSC(C)=O)[C@H](O)[C@H]1OS(C)(=O)=O. The van der Waals surface area contributed by atoms with Crippen LogP contribution in [0.15, 0.2) is 0 Å². The topological polar surface area (TPSA) is 99.1 Å². The zero-order valence-corrected chi connectivity index (χ0v) is 11.9. The molecular formula is C9H16O7S2. The average molecular weight is 300 g/mol. The summed E-state index contributed by atoms with van der Waals surface area (Å²) < 4.78 is 37.1. The summed E-state index contributed by atoms with van der Waals surface area (Å²) in [4.78, 5) is 10.8. The Kier molecular flexibility index (Phi) is 5.56. The zero-order chi connectivity index (χ0) is 13.9. The number of aliphatic hydroxyl groups excluding tert-OH is 1. The molecule has 1 fully saturated rings. The molecule has 1 rings (SSSR count). The number of hydrogen-bond donors (Lipinski definition) is 1. The van der Waals surface area contributed by atoms with Gasteiger partial charge in [0.05, 0.1) is 12.4 Å². The van der Waals surface area contributed by atoms with E-state index in [0.29, 0.717) is 0 Å². The minimum Gasteiger partial charge on any atom is -0.387 e. The van der Waals surface area contributed by atoms with Gasteiger partial charge in [0, 0.05) is 19.8 Å². The second-order valence-electron chi connectivity index (χ2n) is 3.84. The molecule has 1 N–H and O–H groups in total. The molecule has 0 unspecified atom stereocenters. The van der Waals surface area contributed by atoms with Crippen LogP contribution in [0, 0.1) is 0 Å². The van der Waals surface area contributed by atoms with Crippen LogP contribution in [0.25, 0.3) is 0 Å². The lowest BCUT2D eigenvalue weighted by atomic mass is 10.2. The molecular weight excluding hydrogens is 284 g/mol. The molecule has 1 heterocycles. The molecule has 1 aliphatic rings. The highest BCUT2D eigenvalue weighted by Crippen LogP contribution is 2.28. The number of methoxy groups -OCH3 is 1. The molecule has 1 saturated heterocycles. The van der Waals surface area contributed by atoms with Crippen LogP contribution in [-0.4, -0.2) is 62.4 Å². The highest BCUT2D eigenvalue weighted by molar-refractivity contribution is 8.13. The van der Waals surface area contributed by atoms with Crippen LogP contribution >= 0.6 is 11.8 Å². The molecule has 0 amide bonds. The molecule has 106 valence electrons. The predicted octanol–water partition coefficient (Wildman–Crippen LogP) is -0.657. The summed E-state index contributed by atoms with van der Waals surface area (Å²) in [5.41, 5.74) is 0. The first-order chi connectivity index (χ1) is 8.24. The van der Waals surface area contributed by atoms with Gasteiger partial charge in [-0.3, -0.25) is 8.98 Å². The van der Waals surface area contributed by atoms with Gasteiger partial charge < -0.3 is 14.6 Å². The lowest BCUT2D eigenvalue weighted by molar-refractivity contribution is -0.139. The Bertz CT molecular complexity index is 394. The minimum atomic E-state index is -3.73. The number of carbonyl (C=O) groups is 1. The molecule has 1 aliphatic heterocycles. The first-order valence-electron chi connectivity index (χ1n) is 5.12. The largest absolute Gasteiger partial charge is 0.387 e. The monoisotopic (exact) mass is 300 g/mol. The van der Waals surface area contributed by atoms with Crippen LogP contribution in [0.5, 0.6) is 0 Å². The van der Waals surface area contributed by atoms with Gasteiger partial charge in [0.25, 0.3) is 10.1 Å². The smallest absolute Gasteiger partial charge is 0.264 e. The fourth-order valence-corrected chi connectivity index (χ4v) is 2.82. The third kappa shape index (κ3) is 4.48. The van der Waals surface area contributed by atoms with Crippen LogP contribution in [0.1, 0.15) is 6.92 Å². The minimum absolute atomic E-state index is 0.118. The second-order valence-corrected chi connectivity index (χ2v) is 6.63. The van der Waals surface area contributed by atoms with Gasteiger partial charge in [-0.1, -0.05) is 11.8 Å². The third-order valence-corrected chi connectivity index (χ3v) is 3.74. The lowest BCUT2D eigenvalue weighted by Gasteiger charge is -2.17. The van der Waals surface area contributed by atoms with Gasteiger partial charge in [-0.2, -0.15) is 8.42 Å². The van der Waals surface area contributed by atoms with Gasteiger partial charge in [-0.15, -0.1) is 0 Å². The van der Waals surface area contributed by atoms with Gasteiger partial charge in [0.1, 0.15) is 6.10 Å². The van der Waals surface area contributed by atoms with E-state index in [0.717, 1.165) is 18.0 Å². The summed E-state index contributed by atoms with van der Waals surface area (Å²) in [7, 11) is -2.42. The van der Waals surface area contributed by atoms with Gasteiger partial charge in [-0.05, 0) is 0 Å². The number of ether oxygens (including phenoxy) is 2. The lowest BCUT2D eigenvalue weighted by Crippen LogP contribution is -2.38. The van der Waals surface area contributed by atoms with E-state index in [-0.39, 0.29) is 10.9 Å². The maximum atomic E-state index is 11.1. The molecule has 0 saturated carbocycles. The number of rotatable bonds is 5. The van der Waals surface area contributed by atoms with Crippen molar-refractivity contribution in [3.63, 3.8) is 0 Å². The first-order valence-corrected chi connectivity index (χ1v) is 7.92. The summed E-state index contributed by atoms with van der Waals surface area (Å²) in [5, 5.41) is 9.79. The maximum absolute atomic E-state index is 11.1. The second kappa shape index (κ2) is 6.31. The molecule has 0 bridgehead atoms. The standard InChI is InChI=1S/C9H16O7S2/c1-5(10)17-4-6-7(11)8(9(14-2)15-6)16-18(3,12)13/h6-9,11H,4H2,1-3H3/t6-,7+,8-,9+/m1/s1. The normalized spacial score (nSPS) is 32.7. The number of carbonyl (C=O) groups excluding carboxylic acids is 1. The van der Waals surface area contributed by atoms with Crippen molar-refractivity contribution in [1.82, 2.24) is 0 Å². The quantitative estimate of drug-likeness (QED) is 0.668. The van der Waals surface area contributed by atoms with E-state index in [9.17, 15) is 18.3 Å². The Morgan fingerprint density at radius 1 is 1.50 bits per heavy atom. The van der Waals surface area contributed by atoms with Crippen LogP contribution in [0.4, 0.5) is 0 Å². The molecule has 9 heteroatoms. The van der Waals surface area contributed by atoms with E-state index in [1.807, 2.05) is 0 Å². The zero-order valence-electron chi connectivity index (χ0n) is 10.2. The maximum Gasteiger partial charge on any atom is 0.264 e. The molecule has 0 aromatic heterocycles. The Labute approximate surface area is 110 Å². The average Bonchev–Trinajstić information content (AvgIpc) is 2.51. The highest BCUT2D eigenvalue weighted by atomic mass is 32.2. The van der Waals surface area contributed by atoms with Crippen molar-refractivity contribution in [2.24, 2.45) is 0 Å². The van der Waals surface area contributed by atoms with Crippen LogP contribution in [0.2, 0.25) is 0 Å². The van der Waals surface area contributed by atoms with Crippen molar-refractivity contribution in [3.05, 3.63) is 0 Å². The van der Waals surface area contributed by atoms with Crippen LogP contribution in [-0.2, 0) is 28.6 Å². The molecule has 4 atom stereocenters. The summed E-state index contributed by atoms with van der Waals surface area (Å²) >= 11 is 0.980. The molecule has 18 heavy (non-hydrogen) atoms. The summed E-state index contributed by atoms with van der Waals surface area (Å²) in [6, 6.07) is 0. The van der Waals surface area contributed by atoms with Crippen molar-refractivity contribution >= 4 is 27.0 Å². The van der Waals surface area contributed by atoms with Crippen molar-refractivity contribution in [1.29, 1.82) is 0 Å².